The van der Waals surface area contributed by atoms with Crippen LogP contribution in [0.15, 0.2) is 132 Å². The van der Waals surface area contributed by atoms with Gasteiger partial charge in [-0.2, -0.15) is 0 Å². The predicted octanol–water partition coefficient (Wildman–Crippen LogP) is 13.1. The highest BCUT2D eigenvalue weighted by molar-refractivity contribution is 6.18. The molecule has 0 fully saturated rings. The van der Waals surface area contributed by atoms with Crippen molar-refractivity contribution >= 4 is 54.5 Å². The molecule has 0 saturated carbocycles. The zero-order valence-corrected chi connectivity index (χ0v) is 28.1. The Labute approximate surface area is 290 Å². The van der Waals surface area contributed by atoms with E-state index >= 15 is 0 Å². The number of furan rings is 1. The molecule has 238 valence electrons. The molecule has 2 heterocycles. The quantitative estimate of drug-likeness (QED) is 0.176. The molecule has 9 aromatic rings. The lowest BCUT2D eigenvalue weighted by Crippen LogP contribution is -2.09. The average molecular weight is 638 g/mol. The van der Waals surface area contributed by atoms with Gasteiger partial charge in [0.2, 0.25) is 0 Å². The van der Waals surface area contributed by atoms with Crippen molar-refractivity contribution in [2.45, 2.75) is 46.4 Å². The van der Waals surface area contributed by atoms with Gasteiger partial charge in [0.25, 0.3) is 0 Å². The largest absolute Gasteiger partial charge is 0.455 e. The Kier molecular flexibility index (Phi) is 6.01. The van der Waals surface area contributed by atoms with E-state index in [1.54, 1.807) is 6.07 Å². The monoisotopic (exact) mass is 637 g/mol. The van der Waals surface area contributed by atoms with Crippen LogP contribution in [0.1, 0.15) is 60.3 Å². The molecule has 3 heteroatoms. The van der Waals surface area contributed by atoms with Gasteiger partial charge in [0.05, 0.1) is 22.3 Å². The summed E-state index contributed by atoms with van der Waals surface area (Å²) in [5.74, 6) is 1.13. The topological polar surface area (TPSA) is 31.0 Å². The number of benzene rings is 7. The van der Waals surface area contributed by atoms with Gasteiger partial charge >= 0.3 is 0 Å². The summed E-state index contributed by atoms with van der Waals surface area (Å²) < 4.78 is 34.9. The normalized spacial score (nSPS) is 13.3. The van der Waals surface area contributed by atoms with E-state index < -0.39 is 6.85 Å². The fourth-order valence-corrected chi connectivity index (χ4v) is 7.61. The summed E-state index contributed by atoms with van der Waals surface area (Å²) in [6.45, 7) is 6.62. The molecule has 0 saturated heterocycles. The van der Waals surface area contributed by atoms with Crippen LogP contribution in [0, 0.1) is 6.85 Å². The van der Waals surface area contributed by atoms with Crippen molar-refractivity contribution in [3.63, 3.8) is 0 Å². The molecule has 0 spiro atoms. The van der Waals surface area contributed by atoms with Gasteiger partial charge in [0.1, 0.15) is 17.0 Å². The first-order valence-electron chi connectivity index (χ1n) is 18.6. The second-order valence-corrected chi connectivity index (χ2v) is 13.8. The first kappa shape index (κ1) is 26.3. The minimum Gasteiger partial charge on any atom is -0.455 e. The Hall–Kier alpha value is -5.67. The second kappa shape index (κ2) is 11.2. The molecule has 7 aromatic carbocycles. The van der Waals surface area contributed by atoms with Crippen molar-refractivity contribution in [2.24, 2.45) is 0 Å². The molecule has 9 rings (SSSR count). The number of imidazole rings is 1. The lowest BCUT2D eigenvalue weighted by molar-refractivity contribution is 0.670. The molecule has 0 radical (unpaired) electrons. The third-order valence-electron chi connectivity index (χ3n) is 10.0. The summed E-state index contributed by atoms with van der Waals surface area (Å²) in [4.78, 5) is 5.31. The van der Waals surface area contributed by atoms with Crippen molar-refractivity contribution in [1.82, 2.24) is 9.55 Å². The molecular formula is C46H38N2O. The van der Waals surface area contributed by atoms with E-state index in [4.69, 9.17) is 13.5 Å². The molecule has 0 bridgehead atoms. The van der Waals surface area contributed by atoms with Gasteiger partial charge in [-0.05, 0) is 111 Å². The van der Waals surface area contributed by atoms with Crippen molar-refractivity contribution < 1.29 is 8.53 Å². The summed E-state index contributed by atoms with van der Waals surface area (Å²) in [6.07, 6.45) is 0. The van der Waals surface area contributed by atoms with E-state index in [9.17, 15) is 0 Å². The van der Waals surface area contributed by atoms with E-state index in [-0.39, 0.29) is 17.4 Å². The number of rotatable bonds is 5. The minimum atomic E-state index is -2.35. The lowest BCUT2D eigenvalue weighted by atomic mass is 9.88. The SMILES string of the molecule is [2H]C([2H])([2H])c1ccc(-c2nc3ccccc3n2-c2c(C(C)C)cc(-c3ccccc3)cc2C(C)C)c2oc3cc4c(ccc5ccccc54)cc3c12. The van der Waals surface area contributed by atoms with Gasteiger partial charge in [-0.3, -0.25) is 4.57 Å². The summed E-state index contributed by atoms with van der Waals surface area (Å²) >= 11 is 0. The van der Waals surface area contributed by atoms with Crippen LogP contribution in [0.3, 0.4) is 0 Å². The highest BCUT2D eigenvalue weighted by Crippen LogP contribution is 2.44. The molecule has 0 amide bonds. The fraction of sp³-hybridized carbons (Fsp3) is 0.152. The number of fused-ring (bicyclic) bond motifs is 7. The summed E-state index contributed by atoms with van der Waals surface area (Å²) in [6, 6.07) is 43.8. The Morgan fingerprint density at radius 1 is 0.633 bits per heavy atom. The van der Waals surface area contributed by atoms with Crippen molar-refractivity contribution in [3.8, 4) is 28.2 Å². The van der Waals surface area contributed by atoms with Crippen LogP contribution in [0.5, 0.6) is 0 Å². The number of nitrogens with zero attached hydrogens (tertiary/aromatic N) is 2. The van der Waals surface area contributed by atoms with Gasteiger partial charge < -0.3 is 4.42 Å². The first-order chi connectivity index (χ1) is 25.1. The van der Waals surface area contributed by atoms with E-state index in [1.165, 1.54) is 22.3 Å². The van der Waals surface area contributed by atoms with Crippen molar-refractivity contribution in [1.29, 1.82) is 0 Å². The van der Waals surface area contributed by atoms with Gasteiger partial charge in [-0.1, -0.05) is 113 Å². The van der Waals surface area contributed by atoms with E-state index in [0.29, 0.717) is 22.4 Å². The number of para-hydroxylation sites is 2. The maximum Gasteiger partial charge on any atom is 0.149 e. The molecular weight excluding hydrogens is 597 g/mol. The minimum absolute atomic E-state index is 0.205. The first-order valence-corrected chi connectivity index (χ1v) is 17.1. The van der Waals surface area contributed by atoms with Crippen LogP contribution in [0.4, 0.5) is 0 Å². The van der Waals surface area contributed by atoms with Crippen LogP contribution in [0.25, 0.3) is 82.7 Å². The average Bonchev–Trinajstić information content (AvgIpc) is 3.71. The maximum absolute atomic E-state index is 8.59. The molecule has 0 unspecified atom stereocenters. The number of hydrogen-bond acceptors (Lipinski definition) is 2. The third kappa shape index (κ3) is 4.60. The van der Waals surface area contributed by atoms with Crippen LogP contribution < -0.4 is 0 Å². The zero-order valence-electron chi connectivity index (χ0n) is 31.1. The number of hydrogen-bond donors (Lipinski definition) is 0. The Balaban J connectivity index is 1.40. The summed E-state index contributed by atoms with van der Waals surface area (Å²) in [7, 11) is 0. The maximum atomic E-state index is 8.59. The fourth-order valence-electron chi connectivity index (χ4n) is 7.61. The molecule has 49 heavy (non-hydrogen) atoms. The van der Waals surface area contributed by atoms with Crippen LogP contribution in [0.2, 0.25) is 0 Å². The van der Waals surface area contributed by atoms with Gasteiger partial charge in [-0.15, -0.1) is 0 Å². The van der Waals surface area contributed by atoms with Crippen LogP contribution in [-0.2, 0) is 0 Å². The van der Waals surface area contributed by atoms with E-state index in [1.807, 2.05) is 30.3 Å². The summed E-state index contributed by atoms with van der Waals surface area (Å²) in [5, 5.41) is 5.75. The van der Waals surface area contributed by atoms with E-state index in [2.05, 4.69) is 123 Å². The van der Waals surface area contributed by atoms with Crippen LogP contribution >= 0.6 is 0 Å². The molecule has 0 aliphatic carbocycles. The molecule has 0 aliphatic heterocycles. The Morgan fingerprint density at radius 2 is 1.35 bits per heavy atom. The highest BCUT2D eigenvalue weighted by Gasteiger charge is 2.26. The number of aryl methyl sites for hydroxylation is 1. The summed E-state index contributed by atoms with van der Waals surface area (Å²) in [5.41, 5.74) is 9.93. The van der Waals surface area contributed by atoms with Crippen molar-refractivity contribution in [2.75, 3.05) is 0 Å². The van der Waals surface area contributed by atoms with Crippen molar-refractivity contribution in [3.05, 3.63) is 144 Å². The Morgan fingerprint density at radius 3 is 2.12 bits per heavy atom. The smallest absolute Gasteiger partial charge is 0.149 e. The standard InChI is InChI=1S/C46H38N2O/c1-27(2)36-24-33(30-13-7-6-8-14-30)25-37(28(3)4)44(36)48-41-18-12-11-17-40(41)47-46(48)35-22-19-29(5)43-39-23-32-21-20-31-15-9-10-16-34(31)38(32)26-42(39)49-45(35)43/h6-28H,1-5H3/i5D3. The van der Waals surface area contributed by atoms with E-state index in [0.717, 1.165) is 49.2 Å². The molecule has 0 aliphatic rings. The molecule has 0 atom stereocenters. The lowest BCUT2D eigenvalue weighted by Gasteiger charge is -2.24. The van der Waals surface area contributed by atoms with Gasteiger partial charge in [0.15, 0.2) is 0 Å². The zero-order chi connectivity index (χ0) is 35.9. The molecule has 2 aromatic heterocycles. The van der Waals surface area contributed by atoms with Gasteiger partial charge in [-0.25, -0.2) is 4.98 Å². The van der Waals surface area contributed by atoms with Gasteiger partial charge in [0, 0.05) is 14.9 Å². The highest BCUT2D eigenvalue weighted by atomic mass is 16.3. The third-order valence-corrected chi connectivity index (χ3v) is 10.0. The number of aromatic nitrogens is 2. The Bertz CT molecular complexity index is 2810. The van der Waals surface area contributed by atoms with Crippen LogP contribution in [-0.4, -0.2) is 9.55 Å². The second-order valence-electron chi connectivity index (χ2n) is 13.8. The predicted molar refractivity (Wildman–Crippen MR) is 207 cm³/mol. The molecule has 3 nitrogen and oxygen atoms in total. The molecule has 0 N–H and O–H groups in total.